The first kappa shape index (κ1) is 15.2. The van der Waals surface area contributed by atoms with Gasteiger partial charge in [-0.2, -0.15) is 0 Å². The number of hydrogen-bond donors (Lipinski definition) is 2. The monoisotopic (exact) mass is 269 g/mol. The van der Waals surface area contributed by atoms with Gasteiger partial charge in [0.15, 0.2) is 0 Å². The molecule has 0 aliphatic carbocycles. The van der Waals surface area contributed by atoms with E-state index in [4.69, 9.17) is 5.73 Å². The fourth-order valence-electron chi connectivity index (χ4n) is 3.93. The van der Waals surface area contributed by atoms with Gasteiger partial charge in [0, 0.05) is 25.2 Å². The summed E-state index contributed by atoms with van der Waals surface area (Å²) in [7, 11) is 2.27. The van der Waals surface area contributed by atoms with Crippen molar-refractivity contribution in [3.05, 3.63) is 0 Å². The molecule has 0 aromatic rings. The predicted octanol–water partition coefficient (Wildman–Crippen LogP) is 0.891. The Hall–Kier alpha value is -0.160. The zero-order valence-corrected chi connectivity index (χ0v) is 12.8. The molecule has 112 valence electrons. The predicted molar refractivity (Wildman–Crippen MR) is 79.1 cm³/mol. The summed E-state index contributed by atoms with van der Waals surface area (Å²) in [6.45, 7) is 8.05. The Balaban J connectivity index is 1.89. The van der Waals surface area contributed by atoms with E-state index in [2.05, 4.69) is 23.8 Å². The Morgan fingerprint density at radius 2 is 2.11 bits per heavy atom. The van der Waals surface area contributed by atoms with E-state index in [0.717, 1.165) is 24.9 Å². The van der Waals surface area contributed by atoms with Gasteiger partial charge in [-0.3, -0.25) is 0 Å². The fourth-order valence-corrected chi connectivity index (χ4v) is 3.93. The first-order valence-corrected chi connectivity index (χ1v) is 7.79. The van der Waals surface area contributed by atoms with E-state index in [1.54, 1.807) is 0 Å². The smallest absolute Gasteiger partial charge is 0.0756 e. The molecule has 4 heteroatoms. The normalized spacial score (nSPS) is 34.6. The van der Waals surface area contributed by atoms with Crippen LogP contribution in [-0.4, -0.2) is 65.8 Å². The van der Waals surface area contributed by atoms with Crippen LogP contribution in [-0.2, 0) is 0 Å². The van der Waals surface area contributed by atoms with Crippen LogP contribution in [0.1, 0.15) is 39.5 Å². The minimum atomic E-state index is -0.723. The number of fused-ring (bicyclic) bond motifs is 1. The van der Waals surface area contributed by atoms with Gasteiger partial charge in [-0.15, -0.1) is 0 Å². The third kappa shape index (κ3) is 3.69. The van der Waals surface area contributed by atoms with Crippen LogP contribution >= 0.6 is 0 Å². The molecule has 2 heterocycles. The second-order valence-corrected chi connectivity index (χ2v) is 6.99. The van der Waals surface area contributed by atoms with Crippen LogP contribution in [0, 0.1) is 5.92 Å². The van der Waals surface area contributed by atoms with Crippen molar-refractivity contribution in [2.24, 2.45) is 11.7 Å². The topological polar surface area (TPSA) is 52.7 Å². The molecule has 0 amide bonds. The maximum atomic E-state index is 10.1. The number of piperidine rings is 2. The Bertz CT molecular complexity index is 295. The van der Waals surface area contributed by atoms with Gasteiger partial charge in [-0.1, -0.05) is 0 Å². The quantitative estimate of drug-likeness (QED) is 0.796. The Labute approximate surface area is 117 Å². The van der Waals surface area contributed by atoms with Crippen molar-refractivity contribution in [3.63, 3.8) is 0 Å². The maximum Gasteiger partial charge on any atom is 0.0756 e. The molecule has 4 unspecified atom stereocenters. The van der Waals surface area contributed by atoms with Crippen molar-refractivity contribution < 1.29 is 5.11 Å². The van der Waals surface area contributed by atoms with E-state index in [1.807, 2.05) is 6.92 Å². The van der Waals surface area contributed by atoms with Gasteiger partial charge in [0.25, 0.3) is 0 Å². The standard InChI is InChI=1S/C15H31N3O/c1-12(9-15(2,19)11-16)18-8-6-14-13(10-18)5-4-7-17(14)3/h12-14,19H,4-11,16H2,1-3H3. The second-order valence-electron chi connectivity index (χ2n) is 6.99. The molecule has 19 heavy (non-hydrogen) atoms. The van der Waals surface area contributed by atoms with E-state index < -0.39 is 5.60 Å². The zero-order valence-electron chi connectivity index (χ0n) is 12.8. The summed E-state index contributed by atoms with van der Waals surface area (Å²) in [6.07, 6.45) is 4.75. The molecule has 3 N–H and O–H groups in total. The lowest BCUT2D eigenvalue weighted by Crippen LogP contribution is -2.55. The number of rotatable bonds is 4. The van der Waals surface area contributed by atoms with Gasteiger partial charge in [0.05, 0.1) is 5.60 Å². The summed E-state index contributed by atoms with van der Waals surface area (Å²) >= 11 is 0. The van der Waals surface area contributed by atoms with E-state index in [0.29, 0.717) is 12.6 Å². The minimum Gasteiger partial charge on any atom is -0.389 e. The third-order valence-corrected chi connectivity index (χ3v) is 5.18. The number of hydrogen-bond acceptors (Lipinski definition) is 4. The molecule has 0 spiro atoms. The van der Waals surface area contributed by atoms with Gasteiger partial charge < -0.3 is 20.6 Å². The van der Waals surface area contributed by atoms with Crippen LogP contribution < -0.4 is 5.73 Å². The first-order chi connectivity index (χ1) is 8.93. The van der Waals surface area contributed by atoms with Crippen molar-refractivity contribution in [1.82, 2.24) is 9.80 Å². The fraction of sp³-hybridized carbons (Fsp3) is 1.00. The summed E-state index contributed by atoms with van der Waals surface area (Å²) in [4.78, 5) is 5.11. The van der Waals surface area contributed by atoms with Crippen LogP contribution in [0.3, 0.4) is 0 Å². The number of aliphatic hydroxyl groups is 1. The highest BCUT2D eigenvalue weighted by atomic mass is 16.3. The molecular formula is C15H31N3O. The molecule has 2 saturated heterocycles. The second kappa shape index (κ2) is 6.08. The summed E-state index contributed by atoms with van der Waals surface area (Å²) in [5.74, 6) is 0.817. The number of likely N-dealkylation sites (tertiary alicyclic amines) is 2. The molecular weight excluding hydrogens is 238 g/mol. The highest BCUT2D eigenvalue weighted by molar-refractivity contribution is 4.91. The summed E-state index contributed by atoms with van der Waals surface area (Å²) < 4.78 is 0. The highest BCUT2D eigenvalue weighted by Gasteiger charge is 2.36. The van der Waals surface area contributed by atoms with Crippen molar-refractivity contribution in [2.75, 3.05) is 33.2 Å². The molecule has 4 nitrogen and oxygen atoms in total. The van der Waals surface area contributed by atoms with Crippen LogP contribution in [0.15, 0.2) is 0 Å². The molecule has 0 saturated carbocycles. The highest BCUT2D eigenvalue weighted by Crippen LogP contribution is 2.31. The Morgan fingerprint density at radius 3 is 2.79 bits per heavy atom. The van der Waals surface area contributed by atoms with Crippen molar-refractivity contribution in [2.45, 2.75) is 57.2 Å². The lowest BCUT2D eigenvalue weighted by Gasteiger charge is -2.48. The average molecular weight is 269 g/mol. The Morgan fingerprint density at radius 1 is 1.37 bits per heavy atom. The summed E-state index contributed by atoms with van der Waals surface area (Å²) in [5.41, 5.74) is 4.91. The van der Waals surface area contributed by atoms with Crippen LogP contribution in [0.2, 0.25) is 0 Å². The zero-order chi connectivity index (χ0) is 14.0. The first-order valence-electron chi connectivity index (χ1n) is 7.79. The lowest BCUT2D eigenvalue weighted by atomic mass is 9.83. The lowest BCUT2D eigenvalue weighted by molar-refractivity contribution is -0.00880. The van der Waals surface area contributed by atoms with Gasteiger partial charge in [0.2, 0.25) is 0 Å². The third-order valence-electron chi connectivity index (χ3n) is 5.18. The SMILES string of the molecule is CC(CC(C)(O)CN)N1CCC2C(CCCN2C)C1. The van der Waals surface area contributed by atoms with E-state index in [-0.39, 0.29) is 0 Å². The number of nitrogens with two attached hydrogens (primary N) is 1. The van der Waals surface area contributed by atoms with Crippen molar-refractivity contribution >= 4 is 0 Å². The van der Waals surface area contributed by atoms with Crippen LogP contribution in [0.5, 0.6) is 0 Å². The molecule has 0 aromatic heterocycles. The molecule has 2 aliphatic heterocycles. The van der Waals surface area contributed by atoms with Crippen molar-refractivity contribution in [1.29, 1.82) is 0 Å². The molecule has 2 aliphatic rings. The minimum absolute atomic E-state index is 0.347. The van der Waals surface area contributed by atoms with Gasteiger partial charge >= 0.3 is 0 Å². The Kier molecular flexibility index (Phi) is 4.88. The van der Waals surface area contributed by atoms with Gasteiger partial charge in [0.1, 0.15) is 0 Å². The number of nitrogens with zero attached hydrogens (tertiary/aromatic N) is 2. The van der Waals surface area contributed by atoms with Gasteiger partial charge in [-0.25, -0.2) is 0 Å². The average Bonchev–Trinajstić information content (AvgIpc) is 2.38. The van der Waals surface area contributed by atoms with Crippen LogP contribution in [0.25, 0.3) is 0 Å². The van der Waals surface area contributed by atoms with Crippen molar-refractivity contribution in [3.8, 4) is 0 Å². The molecule has 4 atom stereocenters. The van der Waals surface area contributed by atoms with E-state index in [1.165, 1.54) is 32.4 Å². The molecule has 0 aromatic carbocycles. The van der Waals surface area contributed by atoms with Crippen LogP contribution in [0.4, 0.5) is 0 Å². The molecule has 0 radical (unpaired) electrons. The molecule has 0 bridgehead atoms. The molecule has 2 rings (SSSR count). The summed E-state index contributed by atoms with van der Waals surface area (Å²) in [5, 5.41) is 10.1. The van der Waals surface area contributed by atoms with E-state index in [9.17, 15) is 5.11 Å². The van der Waals surface area contributed by atoms with Gasteiger partial charge in [-0.05, 0) is 65.6 Å². The summed E-state index contributed by atoms with van der Waals surface area (Å²) in [6, 6.07) is 1.21. The molecule has 2 fully saturated rings. The maximum absolute atomic E-state index is 10.1. The largest absolute Gasteiger partial charge is 0.389 e. The van der Waals surface area contributed by atoms with E-state index >= 15 is 0 Å².